The summed E-state index contributed by atoms with van der Waals surface area (Å²) in [5.41, 5.74) is 1.14. The van der Waals surface area contributed by atoms with Crippen LogP contribution in [0.3, 0.4) is 0 Å². The highest BCUT2D eigenvalue weighted by Crippen LogP contribution is 2.42. The molecule has 2 N–H and O–H groups in total. The third kappa shape index (κ3) is 7.31. The molecular weight excluding hydrogens is 374 g/mol. The number of rotatable bonds is 6. The van der Waals surface area contributed by atoms with Crippen LogP contribution in [-0.2, 0) is 9.59 Å². The van der Waals surface area contributed by atoms with Crippen LogP contribution in [0.5, 0.6) is 17.2 Å². The molecule has 0 saturated heterocycles. The van der Waals surface area contributed by atoms with Crippen LogP contribution < -0.4 is 19.5 Å². The zero-order valence-corrected chi connectivity index (χ0v) is 16.5. The lowest BCUT2D eigenvalue weighted by atomic mass is 10.0. The van der Waals surface area contributed by atoms with Crippen LogP contribution in [-0.4, -0.2) is 37.7 Å². The number of ether oxygens (including phenoxy) is 2. The molecule has 7 heteroatoms. The van der Waals surface area contributed by atoms with E-state index in [2.05, 4.69) is 20.2 Å². The average molecular weight is 399 g/mol. The number of para-hydroxylation sites is 3. The highest BCUT2D eigenvalue weighted by molar-refractivity contribution is 5.88. The molecule has 0 radical (unpaired) electrons. The number of carbonyl (C=O) groups is 2. The number of hydrogen-bond donors (Lipinski definition) is 2. The van der Waals surface area contributed by atoms with Crippen LogP contribution in [0.25, 0.3) is 0 Å². The van der Waals surface area contributed by atoms with Crippen molar-refractivity contribution in [2.24, 2.45) is 0 Å². The first-order valence-corrected chi connectivity index (χ1v) is 9.30. The number of quaternary nitrogens is 1. The van der Waals surface area contributed by atoms with Crippen molar-refractivity contribution in [3.05, 3.63) is 66.2 Å². The van der Waals surface area contributed by atoms with E-state index in [0.717, 1.165) is 42.2 Å². The van der Waals surface area contributed by atoms with Crippen molar-refractivity contribution < 1.29 is 34.2 Å². The number of carboxylic acids is 2. The maximum Gasteiger partial charge on any atom is 0.328 e. The van der Waals surface area contributed by atoms with E-state index in [9.17, 15) is 14.7 Å². The summed E-state index contributed by atoms with van der Waals surface area (Å²) in [5, 5.41) is 17.2. The molecular formula is C22H25NO6. The molecule has 7 nitrogen and oxygen atoms in total. The number of fused-ring (bicyclic) bond motifs is 2. The summed E-state index contributed by atoms with van der Waals surface area (Å²) in [6.45, 7) is 1.14. The molecule has 1 atom stereocenters. The summed E-state index contributed by atoms with van der Waals surface area (Å²) in [4.78, 5) is 20.4. The molecule has 2 aromatic rings. The van der Waals surface area contributed by atoms with Gasteiger partial charge in [0.2, 0.25) is 0 Å². The molecule has 154 valence electrons. The minimum Gasteiger partial charge on any atom is -0.545 e. The van der Waals surface area contributed by atoms with E-state index in [4.69, 9.17) is 14.6 Å². The van der Waals surface area contributed by atoms with Gasteiger partial charge in [-0.25, -0.2) is 4.79 Å². The van der Waals surface area contributed by atoms with Crippen molar-refractivity contribution in [2.45, 2.75) is 18.9 Å². The first-order valence-electron chi connectivity index (χ1n) is 9.30. The lowest BCUT2D eigenvalue weighted by Gasteiger charge is -2.18. The fourth-order valence-corrected chi connectivity index (χ4v) is 2.80. The molecule has 1 heterocycles. The van der Waals surface area contributed by atoms with Gasteiger partial charge in [0.25, 0.3) is 0 Å². The molecule has 1 aliphatic heterocycles. The van der Waals surface area contributed by atoms with Crippen molar-refractivity contribution in [3.8, 4) is 17.2 Å². The minimum atomic E-state index is -1.51. The predicted molar refractivity (Wildman–Crippen MR) is 105 cm³/mol. The lowest BCUT2D eigenvalue weighted by molar-refractivity contribution is -0.858. The molecule has 0 saturated carbocycles. The Morgan fingerprint density at radius 1 is 1.03 bits per heavy atom. The topological polar surface area (TPSA) is 100 Å². The molecule has 0 bridgehead atoms. The van der Waals surface area contributed by atoms with Gasteiger partial charge in [0.05, 0.1) is 26.6 Å². The summed E-state index contributed by atoms with van der Waals surface area (Å²) >= 11 is 0. The van der Waals surface area contributed by atoms with Crippen molar-refractivity contribution in [1.29, 1.82) is 0 Å². The molecule has 0 amide bonds. The second-order valence-corrected chi connectivity index (χ2v) is 6.78. The van der Waals surface area contributed by atoms with Crippen LogP contribution >= 0.6 is 0 Å². The maximum atomic E-state index is 9.53. The van der Waals surface area contributed by atoms with Crippen LogP contribution in [0.4, 0.5) is 0 Å². The Morgan fingerprint density at radius 2 is 1.66 bits per heavy atom. The van der Waals surface area contributed by atoms with Crippen molar-refractivity contribution in [2.75, 3.05) is 20.6 Å². The SMILES string of the molecule is C[NH+](C)CCCC1Oc2ccccc2Oc2ccccc21.O=C([O-])/C=C\C(=O)O. The smallest absolute Gasteiger partial charge is 0.328 e. The Bertz CT molecular complexity index is 846. The van der Waals surface area contributed by atoms with Crippen LogP contribution in [0.2, 0.25) is 0 Å². The molecule has 2 aromatic carbocycles. The van der Waals surface area contributed by atoms with Crippen LogP contribution in [0.1, 0.15) is 24.5 Å². The first kappa shape index (κ1) is 22.0. The van der Waals surface area contributed by atoms with Gasteiger partial charge < -0.3 is 29.4 Å². The van der Waals surface area contributed by atoms with E-state index >= 15 is 0 Å². The maximum absolute atomic E-state index is 9.53. The largest absolute Gasteiger partial charge is 0.545 e. The predicted octanol–water partition coefficient (Wildman–Crippen LogP) is 1.21. The zero-order chi connectivity index (χ0) is 21.2. The summed E-state index contributed by atoms with van der Waals surface area (Å²) < 4.78 is 12.3. The molecule has 0 aliphatic carbocycles. The van der Waals surface area contributed by atoms with Crippen molar-refractivity contribution in [1.82, 2.24) is 0 Å². The Kier molecular flexibility index (Phi) is 8.24. The average Bonchev–Trinajstić information content (AvgIpc) is 2.83. The number of nitrogens with one attached hydrogen (secondary N) is 1. The van der Waals surface area contributed by atoms with Crippen LogP contribution in [0, 0.1) is 0 Å². The number of carbonyl (C=O) groups excluding carboxylic acids is 1. The van der Waals surface area contributed by atoms with Gasteiger partial charge >= 0.3 is 5.97 Å². The number of aliphatic carboxylic acids is 2. The first-order chi connectivity index (χ1) is 13.9. The summed E-state index contributed by atoms with van der Waals surface area (Å²) in [7, 11) is 4.36. The Morgan fingerprint density at radius 3 is 2.24 bits per heavy atom. The van der Waals surface area contributed by atoms with Crippen LogP contribution in [0.15, 0.2) is 60.7 Å². The van der Waals surface area contributed by atoms with Gasteiger partial charge in [0.1, 0.15) is 11.9 Å². The Balaban J connectivity index is 0.000000321. The summed E-state index contributed by atoms with van der Waals surface area (Å²) in [6, 6.07) is 16.1. The van der Waals surface area contributed by atoms with Crippen molar-refractivity contribution in [3.63, 3.8) is 0 Å². The molecule has 1 aliphatic rings. The van der Waals surface area contributed by atoms with Gasteiger partial charge in [-0.15, -0.1) is 0 Å². The second-order valence-electron chi connectivity index (χ2n) is 6.78. The molecule has 3 rings (SSSR count). The van der Waals surface area contributed by atoms with E-state index in [1.807, 2.05) is 42.5 Å². The fourth-order valence-electron chi connectivity index (χ4n) is 2.80. The van der Waals surface area contributed by atoms with E-state index in [0.29, 0.717) is 12.2 Å². The minimum absolute atomic E-state index is 0.0594. The zero-order valence-electron chi connectivity index (χ0n) is 16.5. The van der Waals surface area contributed by atoms with E-state index in [-0.39, 0.29) is 6.10 Å². The monoisotopic (exact) mass is 399 g/mol. The highest BCUT2D eigenvalue weighted by atomic mass is 16.5. The van der Waals surface area contributed by atoms with E-state index < -0.39 is 11.9 Å². The molecule has 29 heavy (non-hydrogen) atoms. The fraction of sp³-hybridized carbons (Fsp3) is 0.273. The molecule has 0 spiro atoms. The third-order valence-electron chi connectivity index (χ3n) is 4.11. The standard InChI is InChI=1S/C18H21NO2.C4H4O4/c1-19(2)13-7-12-16-14-8-3-4-9-15(14)20-17-10-5-6-11-18(17)21-16;5-3(6)1-2-4(7)8/h3-6,8-11,16H,7,12-13H2,1-2H3;1-2H,(H,5,6)(H,7,8)/b;2-1-. The lowest BCUT2D eigenvalue weighted by Crippen LogP contribution is -3.05. The number of hydrogen-bond acceptors (Lipinski definition) is 5. The second kappa shape index (κ2) is 10.9. The van der Waals surface area contributed by atoms with Gasteiger partial charge in [-0.1, -0.05) is 30.3 Å². The molecule has 0 fully saturated rings. The molecule has 1 unspecified atom stereocenters. The van der Waals surface area contributed by atoms with Gasteiger partial charge in [0.15, 0.2) is 11.5 Å². The third-order valence-corrected chi connectivity index (χ3v) is 4.11. The van der Waals surface area contributed by atoms with E-state index in [1.165, 1.54) is 4.90 Å². The highest BCUT2D eigenvalue weighted by Gasteiger charge is 2.24. The number of carboxylic acid groups (broad SMARTS) is 2. The van der Waals surface area contributed by atoms with Gasteiger partial charge in [-0.05, 0) is 30.7 Å². The van der Waals surface area contributed by atoms with Gasteiger partial charge in [-0.2, -0.15) is 0 Å². The van der Waals surface area contributed by atoms with Gasteiger partial charge in [0, 0.05) is 18.1 Å². The van der Waals surface area contributed by atoms with Crippen molar-refractivity contribution >= 4 is 11.9 Å². The van der Waals surface area contributed by atoms with E-state index in [1.54, 1.807) is 0 Å². The molecule has 0 aromatic heterocycles. The van der Waals surface area contributed by atoms with Gasteiger partial charge in [-0.3, -0.25) is 0 Å². The summed E-state index contributed by atoms with van der Waals surface area (Å²) in [6.07, 6.45) is 3.13. The normalized spacial score (nSPS) is 14.5. The summed E-state index contributed by atoms with van der Waals surface area (Å²) in [5.74, 6) is -0.271. The number of benzene rings is 2. The quantitative estimate of drug-likeness (QED) is 0.709. The Hall–Kier alpha value is -3.32. The Labute approximate surface area is 169 Å².